The third-order valence-electron chi connectivity index (χ3n) is 3.76. The van der Waals surface area contributed by atoms with E-state index in [0.29, 0.717) is 23.1 Å². The first-order valence-electron chi connectivity index (χ1n) is 8.13. The Balaban J connectivity index is 1.87. The van der Waals surface area contributed by atoms with Crippen molar-refractivity contribution in [3.63, 3.8) is 0 Å². The van der Waals surface area contributed by atoms with Crippen molar-refractivity contribution >= 4 is 22.9 Å². The molecule has 1 aromatic heterocycles. The first-order valence-corrected chi connectivity index (χ1v) is 8.13. The van der Waals surface area contributed by atoms with Gasteiger partial charge in [-0.05, 0) is 25.1 Å². The molecule has 0 bridgehead atoms. The number of hydrazone groups is 1. The maximum absolute atomic E-state index is 12.5. The molecule has 0 saturated carbocycles. The van der Waals surface area contributed by atoms with Gasteiger partial charge in [0.15, 0.2) is 5.69 Å². The Hall–Kier alpha value is -3.48. The molecule has 3 rings (SSSR count). The van der Waals surface area contributed by atoms with Gasteiger partial charge in [-0.15, -0.1) is 0 Å². The van der Waals surface area contributed by atoms with Gasteiger partial charge in [0.1, 0.15) is 5.75 Å². The van der Waals surface area contributed by atoms with Crippen LogP contribution in [-0.4, -0.2) is 28.5 Å². The Morgan fingerprint density at radius 1 is 1.19 bits per heavy atom. The highest BCUT2D eigenvalue weighted by Gasteiger charge is 2.14. The van der Waals surface area contributed by atoms with E-state index in [2.05, 4.69) is 15.6 Å². The van der Waals surface area contributed by atoms with Gasteiger partial charge in [-0.25, -0.2) is 10.1 Å². The predicted octanol–water partition coefficient (Wildman–Crippen LogP) is 2.10. The number of carbonyl (C=O) groups is 1. The second-order valence-corrected chi connectivity index (χ2v) is 5.49. The molecule has 0 aliphatic heterocycles. The highest BCUT2D eigenvalue weighted by Crippen LogP contribution is 2.16. The first-order chi connectivity index (χ1) is 12.6. The summed E-state index contributed by atoms with van der Waals surface area (Å²) in [6, 6.07) is 14.2. The summed E-state index contributed by atoms with van der Waals surface area (Å²) in [5.41, 5.74) is 3.08. The fourth-order valence-electron chi connectivity index (χ4n) is 2.55. The lowest BCUT2D eigenvalue weighted by Crippen LogP contribution is -2.27. The van der Waals surface area contributed by atoms with E-state index in [1.165, 1.54) is 13.3 Å². The van der Waals surface area contributed by atoms with Crippen LogP contribution in [0.15, 0.2) is 58.4 Å². The van der Waals surface area contributed by atoms with E-state index in [1.807, 2.05) is 31.2 Å². The van der Waals surface area contributed by atoms with Crippen LogP contribution >= 0.6 is 0 Å². The van der Waals surface area contributed by atoms with Crippen molar-refractivity contribution in [2.24, 2.45) is 12.1 Å². The summed E-state index contributed by atoms with van der Waals surface area (Å²) < 4.78 is 6.66. The number of nitrogens with zero attached hydrogens (tertiary/aromatic N) is 3. The summed E-state index contributed by atoms with van der Waals surface area (Å²) in [7, 11) is 1.51. The van der Waals surface area contributed by atoms with Crippen LogP contribution < -0.4 is 15.7 Å². The smallest absolute Gasteiger partial charge is 0.292 e. The van der Waals surface area contributed by atoms with Crippen molar-refractivity contribution in [3.05, 3.63) is 70.1 Å². The van der Waals surface area contributed by atoms with Gasteiger partial charge in [-0.2, -0.15) is 10.2 Å². The number of aryl methyl sites for hydroxylation is 1. The average molecular weight is 350 g/mol. The number of carbonyl (C=O) groups excluding carboxylic acids is 1. The van der Waals surface area contributed by atoms with Gasteiger partial charge in [0.2, 0.25) is 0 Å². The normalized spacial score (nSPS) is 11.0. The van der Waals surface area contributed by atoms with E-state index < -0.39 is 5.91 Å². The third kappa shape index (κ3) is 3.46. The van der Waals surface area contributed by atoms with Crippen LogP contribution in [0.3, 0.4) is 0 Å². The zero-order valence-corrected chi connectivity index (χ0v) is 14.5. The average Bonchev–Trinajstić information content (AvgIpc) is 2.66. The van der Waals surface area contributed by atoms with Crippen molar-refractivity contribution in [3.8, 4) is 5.75 Å². The zero-order chi connectivity index (χ0) is 18.5. The van der Waals surface area contributed by atoms with Gasteiger partial charge in [0.05, 0.1) is 18.2 Å². The Kier molecular flexibility index (Phi) is 5.07. The molecule has 2 aromatic carbocycles. The second kappa shape index (κ2) is 7.60. The quantitative estimate of drug-likeness (QED) is 0.564. The predicted molar refractivity (Wildman–Crippen MR) is 99.7 cm³/mol. The molecule has 7 heteroatoms. The molecular formula is C19H18N4O3. The lowest BCUT2D eigenvalue weighted by atomic mass is 10.1. The van der Waals surface area contributed by atoms with E-state index in [-0.39, 0.29) is 11.3 Å². The molecular weight excluding hydrogens is 332 g/mol. The molecule has 0 radical (unpaired) electrons. The number of aromatic nitrogens is 2. The van der Waals surface area contributed by atoms with Crippen LogP contribution in [0.1, 0.15) is 23.0 Å². The number of ether oxygens (including phenoxy) is 1. The molecule has 1 heterocycles. The Morgan fingerprint density at radius 2 is 1.88 bits per heavy atom. The van der Waals surface area contributed by atoms with Gasteiger partial charge in [-0.1, -0.05) is 30.3 Å². The summed E-state index contributed by atoms with van der Waals surface area (Å²) in [5.74, 6) is 0.181. The van der Waals surface area contributed by atoms with Crippen LogP contribution in [0, 0.1) is 0 Å². The van der Waals surface area contributed by atoms with Crippen LogP contribution in [0.4, 0.5) is 0 Å². The zero-order valence-electron chi connectivity index (χ0n) is 14.5. The minimum absolute atomic E-state index is 0.137. The minimum atomic E-state index is -0.498. The summed E-state index contributed by atoms with van der Waals surface area (Å²) >= 11 is 0. The molecule has 3 aromatic rings. The lowest BCUT2D eigenvalue weighted by Gasteiger charge is -2.07. The van der Waals surface area contributed by atoms with Crippen LogP contribution in [0.2, 0.25) is 0 Å². The molecule has 1 amide bonds. The van der Waals surface area contributed by atoms with Gasteiger partial charge in [0, 0.05) is 18.0 Å². The molecule has 0 spiro atoms. The molecule has 0 saturated heterocycles. The number of hydrogen-bond donors (Lipinski definition) is 1. The van der Waals surface area contributed by atoms with Crippen molar-refractivity contribution < 1.29 is 9.53 Å². The van der Waals surface area contributed by atoms with E-state index in [4.69, 9.17) is 4.74 Å². The molecule has 0 aliphatic rings. The SMILES string of the molecule is CCOc1ccccc1/C=N/NC(=O)c1nn(C)c(=O)c2ccccc12. The topological polar surface area (TPSA) is 85.6 Å². The fraction of sp³-hybridized carbons (Fsp3) is 0.158. The maximum atomic E-state index is 12.5. The van der Waals surface area contributed by atoms with E-state index in [1.54, 1.807) is 24.3 Å². The van der Waals surface area contributed by atoms with Crippen LogP contribution in [0.5, 0.6) is 5.75 Å². The van der Waals surface area contributed by atoms with Crippen molar-refractivity contribution in [1.29, 1.82) is 0 Å². The fourth-order valence-corrected chi connectivity index (χ4v) is 2.55. The van der Waals surface area contributed by atoms with Crippen molar-refractivity contribution in [2.75, 3.05) is 6.61 Å². The molecule has 132 valence electrons. The number of para-hydroxylation sites is 1. The summed E-state index contributed by atoms with van der Waals surface area (Å²) in [6.07, 6.45) is 1.51. The number of fused-ring (bicyclic) bond motifs is 1. The highest BCUT2D eigenvalue weighted by atomic mass is 16.5. The van der Waals surface area contributed by atoms with Crippen molar-refractivity contribution in [1.82, 2.24) is 15.2 Å². The van der Waals surface area contributed by atoms with Crippen molar-refractivity contribution in [2.45, 2.75) is 6.92 Å². The largest absolute Gasteiger partial charge is 0.493 e. The van der Waals surface area contributed by atoms with Gasteiger partial charge >= 0.3 is 0 Å². The number of hydrogen-bond acceptors (Lipinski definition) is 5. The summed E-state index contributed by atoms with van der Waals surface area (Å²) in [5, 5.41) is 8.97. The highest BCUT2D eigenvalue weighted by molar-refractivity contribution is 6.05. The molecule has 0 atom stereocenters. The van der Waals surface area contributed by atoms with Gasteiger partial charge in [-0.3, -0.25) is 9.59 Å². The van der Waals surface area contributed by atoms with E-state index in [9.17, 15) is 9.59 Å². The maximum Gasteiger partial charge on any atom is 0.292 e. The van der Waals surface area contributed by atoms with Crippen LogP contribution in [-0.2, 0) is 7.05 Å². The molecule has 26 heavy (non-hydrogen) atoms. The molecule has 0 unspecified atom stereocenters. The Morgan fingerprint density at radius 3 is 2.65 bits per heavy atom. The van der Waals surface area contributed by atoms with Gasteiger partial charge < -0.3 is 4.74 Å². The summed E-state index contributed by atoms with van der Waals surface area (Å²) in [4.78, 5) is 24.6. The second-order valence-electron chi connectivity index (χ2n) is 5.49. The molecule has 7 nitrogen and oxygen atoms in total. The first kappa shape index (κ1) is 17.3. The molecule has 1 N–H and O–H groups in total. The van der Waals surface area contributed by atoms with E-state index >= 15 is 0 Å². The standard InChI is InChI=1S/C19H18N4O3/c1-3-26-16-11-7-4-8-13(16)12-20-21-18(24)17-14-9-5-6-10-15(14)19(25)23(2)22-17/h4-12H,3H2,1-2H3,(H,21,24)/b20-12+. The van der Waals surface area contributed by atoms with Crippen LogP contribution in [0.25, 0.3) is 10.8 Å². The van der Waals surface area contributed by atoms with E-state index in [0.717, 1.165) is 10.2 Å². The molecule has 0 fully saturated rings. The van der Waals surface area contributed by atoms with Gasteiger partial charge in [0.25, 0.3) is 11.5 Å². The number of benzene rings is 2. The Bertz CT molecular complexity index is 1040. The number of nitrogens with one attached hydrogen (secondary N) is 1. The number of rotatable bonds is 5. The monoisotopic (exact) mass is 350 g/mol. The molecule has 0 aliphatic carbocycles. The summed E-state index contributed by atoms with van der Waals surface area (Å²) in [6.45, 7) is 2.43. The number of amides is 1. The lowest BCUT2D eigenvalue weighted by molar-refractivity contribution is 0.0950. The third-order valence-corrected chi connectivity index (χ3v) is 3.76. The minimum Gasteiger partial charge on any atom is -0.493 e. The Labute approximate surface area is 149 Å².